The van der Waals surface area contributed by atoms with Crippen molar-refractivity contribution < 1.29 is 0 Å². The van der Waals surface area contributed by atoms with Crippen molar-refractivity contribution in [2.24, 2.45) is 0 Å². The molecule has 1 heterocycles. The topological polar surface area (TPSA) is 15.3 Å². The quantitative estimate of drug-likeness (QED) is 0.905. The average molecular weight is 279 g/mol. The Bertz CT molecular complexity index is 444. The molecule has 104 valence electrons. The Balaban J connectivity index is 1.59. The Hall–Kier alpha value is -0.570. The second-order valence-corrected chi connectivity index (χ2v) is 6.59. The van der Waals surface area contributed by atoms with Crippen LogP contribution in [0.4, 0.5) is 0 Å². The lowest BCUT2D eigenvalue weighted by molar-refractivity contribution is 0.254. The van der Waals surface area contributed by atoms with Crippen LogP contribution in [0.5, 0.6) is 0 Å². The number of hydrogen-bond donors (Lipinski definition) is 1. The standard InChI is InChI=1S/C16H23ClN2/c1-11-8-15(10-19(11)16-6-7-16)18-12(2)13-4-3-5-14(17)9-13/h3-5,9,11-12,15-16,18H,6-8,10H2,1-2H3. The molecule has 3 atom stereocenters. The van der Waals surface area contributed by atoms with E-state index >= 15 is 0 Å². The van der Waals surface area contributed by atoms with Crippen LogP contribution in [0, 0.1) is 0 Å². The molecule has 3 unspecified atom stereocenters. The molecule has 0 bridgehead atoms. The van der Waals surface area contributed by atoms with Crippen molar-refractivity contribution >= 4 is 11.6 Å². The van der Waals surface area contributed by atoms with Crippen molar-refractivity contribution in [3.05, 3.63) is 34.9 Å². The number of hydrogen-bond acceptors (Lipinski definition) is 2. The molecule has 0 spiro atoms. The van der Waals surface area contributed by atoms with Crippen LogP contribution in [0.2, 0.25) is 5.02 Å². The van der Waals surface area contributed by atoms with Gasteiger partial charge in [0.15, 0.2) is 0 Å². The minimum absolute atomic E-state index is 0.370. The van der Waals surface area contributed by atoms with Crippen LogP contribution in [0.25, 0.3) is 0 Å². The van der Waals surface area contributed by atoms with E-state index in [0.717, 1.165) is 17.1 Å². The Morgan fingerprint density at radius 3 is 2.84 bits per heavy atom. The molecule has 0 aromatic heterocycles. The van der Waals surface area contributed by atoms with E-state index in [1.807, 2.05) is 12.1 Å². The molecule has 1 saturated heterocycles. The molecule has 1 aliphatic heterocycles. The highest BCUT2D eigenvalue weighted by Gasteiger charge is 2.38. The predicted molar refractivity (Wildman–Crippen MR) is 80.6 cm³/mol. The van der Waals surface area contributed by atoms with Crippen molar-refractivity contribution in [3.8, 4) is 0 Å². The molecule has 0 amide bonds. The summed E-state index contributed by atoms with van der Waals surface area (Å²) >= 11 is 6.07. The van der Waals surface area contributed by atoms with E-state index < -0.39 is 0 Å². The van der Waals surface area contributed by atoms with Crippen LogP contribution < -0.4 is 5.32 Å². The van der Waals surface area contributed by atoms with Gasteiger partial charge in [0, 0.05) is 35.7 Å². The van der Waals surface area contributed by atoms with E-state index in [2.05, 4.69) is 36.2 Å². The Kier molecular flexibility index (Phi) is 3.84. The summed E-state index contributed by atoms with van der Waals surface area (Å²) in [6.45, 7) is 5.80. The summed E-state index contributed by atoms with van der Waals surface area (Å²) in [4.78, 5) is 2.68. The lowest BCUT2D eigenvalue weighted by Crippen LogP contribution is -2.35. The maximum absolute atomic E-state index is 6.07. The maximum atomic E-state index is 6.07. The van der Waals surface area contributed by atoms with Gasteiger partial charge in [-0.05, 0) is 50.8 Å². The zero-order chi connectivity index (χ0) is 13.4. The van der Waals surface area contributed by atoms with Crippen molar-refractivity contribution in [2.45, 2.75) is 57.3 Å². The molecule has 2 nitrogen and oxygen atoms in total. The SMILES string of the molecule is CC(NC1CC(C)N(C2CC2)C1)c1cccc(Cl)c1. The number of nitrogens with one attached hydrogen (secondary N) is 1. The molecule has 1 N–H and O–H groups in total. The minimum Gasteiger partial charge on any atom is -0.306 e. The summed E-state index contributed by atoms with van der Waals surface area (Å²) < 4.78 is 0. The smallest absolute Gasteiger partial charge is 0.0409 e. The molecule has 1 aromatic carbocycles. The highest BCUT2D eigenvalue weighted by atomic mass is 35.5. The normalized spacial score (nSPS) is 29.6. The maximum Gasteiger partial charge on any atom is 0.0409 e. The van der Waals surface area contributed by atoms with E-state index in [4.69, 9.17) is 11.6 Å². The molecule has 3 rings (SSSR count). The summed E-state index contributed by atoms with van der Waals surface area (Å²) in [5.74, 6) is 0. The number of likely N-dealkylation sites (tertiary alicyclic amines) is 1. The lowest BCUT2D eigenvalue weighted by Gasteiger charge is -2.21. The molecule has 1 aliphatic carbocycles. The molecule has 1 aromatic rings. The van der Waals surface area contributed by atoms with Gasteiger partial charge in [-0.15, -0.1) is 0 Å². The second kappa shape index (κ2) is 5.43. The van der Waals surface area contributed by atoms with Crippen LogP contribution in [0.1, 0.15) is 44.7 Å². The van der Waals surface area contributed by atoms with Gasteiger partial charge in [-0.1, -0.05) is 23.7 Å². The first-order valence-electron chi connectivity index (χ1n) is 7.40. The highest BCUT2D eigenvalue weighted by molar-refractivity contribution is 6.30. The summed E-state index contributed by atoms with van der Waals surface area (Å²) in [6.07, 6.45) is 4.07. The molecular weight excluding hydrogens is 256 g/mol. The van der Waals surface area contributed by atoms with Crippen LogP contribution in [0.3, 0.4) is 0 Å². The molecule has 2 fully saturated rings. The van der Waals surface area contributed by atoms with E-state index in [-0.39, 0.29) is 0 Å². The van der Waals surface area contributed by atoms with Gasteiger partial charge in [0.1, 0.15) is 0 Å². The largest absolute Gasteiger partial charge is 0.306 e. The van der Waals surface area contributed by atoms with Crippen molar-refractivity contribution in [2.75, 3.05) is 6.54 Å². The van der Waals surface area contributed by atoms with Crippen molar-refractivity contribution in [3.63, 3.8) is 0 Å². The summed E-state index contributed by atoms with van der Waals surface area (Å²) in [5.41, 5.74) is 1.28. The first kappa shape index (κ1) is 13.4. The van der Waals surface area contributed by atoms with E-state index in [0.29, 0.717) is 12.1 Å². The first-order valence-corrected chi connectivity index (χ1v) is 7.78. The Morgan fingerprint density at radius 2 is 2.16 bits per heavy atom. The third-order valence-electron chi connectivity index (χ3n) is 4.47. The fourth-order valence-electron chi connectivity index (χ4n) is 3.32. The van der Waals surface area contributed by atoms with Gasteiger partial charge >= 0.3 is 0 Å². The number of benzene rings is 1. The summed E-state index contributed by atoms with van der Waals surface area (Å²) in [6, 6.07) is 10.8. The zero-order valence-electron chi connectivity index (χ0n) is 11.8. The Labute approximate surface area is 121 Å². The second-order valence-electron chi connectivity index (χ2n) is 6.15. The molecule has 0 radical (unpaired) electrons. The minimum atomic E-state index is 0.370. The van der Waals surface area contributed by atoms with Gasteiger partial charge in [-0.3, -0.25) is 4.90 Å². The highest BCUT2D eigenvalue weighted by Crippen LogP contribution is 2.33. The van der Waals surface area contributed by atoms with E-state index in [9.17, 15) is 0 Å². The van der Waals surface area contributed by atoms with Gasteiger partial charge in [0.25, 0.3) is 0 Å². The van der Waals surface area contributed by atoms with Gasteiger partial charge in [0.2, 0.25) is 0 Å². The summed E-state index contributed by atoms with van der Waals surface area (Å²) in [5, 5.41) is 4.59. The fraction of sp³-hybridized carbons (Fsp3) is 0.625. The number of nitrogens with zero attached hydrogens (tertiary/aromatic N) is 1. The molecule has 2 aliphatic rings. The lowest BCUT2D eigenvalue weighted by atomic mass is 10.1. The summed E-state index contributed by atoms with van der Waals surface area (Å²) in [7, 11) is 0. The Morgan fingerprint density at radius 1 is 1.37 bits per heavy atom. The average Bonchev–Trinajstić information content (AvgIpc) is 3.14. The molecule has 19 heavy (non-hydrogen) atoms. The van der Waals surface area contributed by atoms with Crippen molar-refractivity contribution in [1.82, 2.24) is 10.2 Å². The van der Waals surface area contributed by atoms with E-state index in [1.54, 1.807) is 0 Å². The predicted octanol–water partition coefficient (Wildman–Crippen LogP) is 3.62. The molecular formula is C16H23ClN2. The van der Waals surface area contributed by atoms with Gasteiger partial charge in [0.05, 0.1) is 0 Å². The third kappa shape index (κ3) is 3.13. The van der Waals surface area contributed by atoms with Crippen LogP contribution in [0.15, 0.2) is 24.3 Å². The van der Waals surface area contributed by atoms with Gasteiger partial charge in [-0.2, -0.15) is 0 Å². The first-order chi connectivity index (χ1) is 9.13. The van der Waals surface area contributed by atoms with Gasteiger partial charge in [-0.25, -0.2) is 0 Å². The number of rotatable bonds is 4. The van der Waals surface area contributed by atoms with Crippen LogP contribution in [-0.4, -0.2) is 29.6 Å². The molecule has 1 saturated carbocycles. The monoisotopic (exact) mass is 278 g/mol. The number of halogens is 1. The van der Waals surface area contributed by atoms with Gasteiger partial charge < -0.3 is 5.32 Å². The van der Waals surface area contributed by atoms with Crippen molar-refractivity contribution in [1.29, 1.82) is 0 Å². The van der Waals surface area contributed by atoms with Crippen LogP contribution in [-0.2, 0) is 0 Å². The molecule has 3 heteroatoms. The fourth-order valence-corrected chi connectivity index (χ4v) is 3.52. The van der Waals surface area contributed by atoms with E-state index in [1.165, 1.54) is 31.4 Å². The van der Waals surface area contributed by atoms with Crippen LogP contribution >= 0.6 is 11.6 Å². The third-order valence-corrected chi connectivity index (χ3v) is 4.71. The zero-order valence-corrected chi connectivity index (χ0v) is 12.5.